The fourth-order valence-electron chi connectivity index (χ4n) is 1.41. The van der Waals surface area contributed by atoms with Crippen molar-refractivity contribution in [1.29, 1.82) is 0 Å². The molecule has 4 heteroatoms. The van der Waals surface area contributed by atoms with E-state index in [9.17, 15) is 0 Å². The molecule has 1 aromatic carbocycles. The van der Waals surface area contributed by atoms with Gasteiger partial charge in [0.2, 0.25) is 0 Å². The lowest BCUT2D eigenvalue weighted by Gasteiger charge is -2.06. The number of hydrogen-bond donors (Lipinski definition) is 1. The van der Waals surface area contributed by atoms with Gasteiger partial charge in [0.05, 0.1) is 0 Å². The van der Waals surface area contributed by atoms with Crippen molar-refractivity contribution in [1.82, 2.24) is 4.98 Å². The van der Waals surface area contributed by atoms with Crippen molar-refractivity contribution in [3.63, 3.8) is 0 Å². The lowest BCUT2D eigenvalue weighted by Crippen LogP contribution is -1.98. The second-order valence-electron chi connectivity index (χ2n) is 3.44. The number of pyridine rings is 1. The van der Waals surface area contributed by atoms with E-state index in [4.69, 9.17) is 0 Å². The lowest BCUT2D eigenvalue weighted by molar-refractivity contribution is 1.14. The lowest BCUT2D eigenvalue weighted by atomic mass is 10.4. The average molecular weight is 309 g/mol. The third kappa shape index (κ3) is 3.48. The summed E-state index contributed by atoms with van der Waals surface area (Å²) in [7, 11) is 0. The van der Waals surface area contributed by atoms with Crippen LogP contribution in [0.2, 0.25) is 0 Å². The zero-order valence-electron chi connectivity index (χ0n) is 9.48. The minimum absolute atomic E-state index is 0.885. The van der Waals surface area contributed by atoms with Gasteiger partial charge < -0.3 is 5.32 Å². The van der Waals surface area contributed by atoms with Gasteiger partial charge in [-0.05, 0) is 47.1 Å². The second kappa shape index (κ2) is 6.07. The zero-order valence-corrected chi connectivity index (χ0v) is 11.9. The maximum Gasteiger partial charge on any atom is 0.126 e. The van der Waals surface area contributed by atoms with Crippen LogP contribution >= 0.6 is 27.7 Å². The van der Waals surface area contributed by atoms with Crippen LogP contribution in [0.3, 0.4) is 0 Å². The van der Waals surface area contributed by atoms with E-state index in [1.165, 1.54) is 9.79 Å². The number of hydrogen-bond acceptors (Lipinski definition) is 3. The van der Waals surface area contributed by atoms with Crippen LogP contribution in [0.15, 0.2) is 56.9 Å². The van der Waals surface area contributed by atoms with Gasteiger partial charge in [0.25, 0.3) is 0 Å². The monoisotopic (exact) mass is 308 g/mol. The predicted molar refractivity (Wildman–Crippen MR) is 76.7 cm³/mol. The third-order valence-corrected chi connectivity index (χ3v) is 4.17. The molecule has 1 heterocycles. The first-order valence-corrected chi connectivity index (χ1v) is 7.03. The van der Waals surface area contributed by atoms with E-state index in [0.717, 1.165) is 16.8 Å². The summed E-state index contributed by atoms with van der Waals surface area (Å²) in [5.74, 6) is 0.921. The number of rotatable bonds is 4. The summed E-state index contributed by atoms with van der Waals surface area (Å²) in [4.78, 5) is 6.65. The fraction of sp³-hybridized carbons (Fsp3) is 0.154. The minimum atomic E-state index is 0.885. The number of nitrogens with one attached hydrogen (secondary N) is 1. The van der Waals surface area contributed by atoms with Gasteiger partial charge in [-0.1, -0.05) is 23.9 Å². The van der Waals surface area contributed by atoms with E-state index in [2.05, 4.69) is 51.4 Å². The largest absolute Gasteiger partial charge is 0.370 e. The molecule has 0 atom stereocenters. The van der Waals surface area contributed by atoms with Gasteiger partial charge in [-0.2, -0.15) is 0 Å². The molecule has 2 aromatic rings. The Morgan fingerprint density at radius 2 is 2.12 bits per heavy atom. The summed E-state index contributed by atoms with van der Waals surface area (Å²) in [6.45, 7) is 2.95. The number of benzene rings is 1. The van der Waals surface area contributed by atoms with Gasteiger partial charge in [-0.15, -0.1) is 0 Å². The summed E-state index contributed by atoms with van der Waals surface area (Å²) in [6, 6.07) is 12.3. The van der Waals surface area contributed by atoms with Crippen LogP contribution in [0, 0.1) is 0 Å². The highest BCUT2D eigenvalue weighted by Gasteiger charge is 2.02. The number of anilines is 1. The summed E-state index contributed by atoms with van der Waals surface area (Å²) < 4.78 is 1.12. The third-order valence-electron chi connectivity index (χ3n) is 2.15. The molecule has 1 N–H and O–H groups in total. The molecule has 0 bridgehead atoms. The smallest absolute Gasteiger partial charge is 0.126 e. The van der Waals surface area contributed by atoms with Crippen LogP contribution in [0.5, 0.6) is 0 Å². The molecular formula is C13H13BrN2S. The molecule has 0 spiro atoms. The van der Waals surface area contributed by atoms with Crippen molar-refractivity contribution in [2.75, 3.05) is 11.9 Å². The molecule has 0 aliphatic heterocycles. The van der Waals surface area contributed by atoms with E-state index >= 15 is 0 Å². The van der Waals surface area contributed by atoms with Crippen molar-refractivity contribution in [3.8, 4) is 0 Å². The van der Waals surface area contributed by atoms with Gasteiger partial charge in [0.1, 0.15) is 5.82 Å². The Bertz CT molecular complexity index is 502. The molecule has 2 rings (SSSR count). The van der Waals surface area contributed by atoms with Gasteiger partial charge in [0.15, 0.2) is 0 Å². The van der Waals surface area contributed by atoms with Crippen LogP contribution < -0.4 is 5.32 Å². The molecule has 0 aliphatic carbocycles. The van der Waals surface area contributed by atoms with Crippen molar-refractivity contribution in [2.45, 2.75) is 16.7 Å². The average Bonchev–Trinajstić information content (AvgIpc) is 2.33. The fourth-order valence-corrected chi connectivity index (χ4v) is 2.80. The Kier molecular flexibility index (Phi) is 4.45. The van der Waals surface area contributed by atoms with Crippen molar-refractivity contribution in [2.24, 2.45) is 0 Å². The van der Waals surface area contributed by atoms with E-state index in [-0.39, 0.29) is 0 Å². The van der Waals surface area contributed by atoms with Gasteiger partial charge >= 0.3 is 0 Å². The first-order chi connectivity index (χ1) is 8.29. The highest BCUT2D eigenvalue weighted by molar-refractivity contribution is 9.10. The Morgan fingerprint density at radius 3 is 2.88 bits per heavy atom. The number of halogens is 1. The van der Waals surface area contributed by atoms with E-state index in [1.54, 1.807) is 11.8 Å². The Labute approximate surface area is 114 Å². The first kappa shape index (κ1) is 12.5. The van der Waals surface area contributed by atoms with Crippen molar-refractivity contribution in [3.05, 3.63) is 47.1 Å². The van der Waals surface area contributed by atoms with Gasteiger partial charge in [-0.25, -0.2) is 4.98 Å². The maximum absolute atomic E-state index is 4.26. The Morgan fingerprint density at radius 1 is 1.29 bits per heavy atom. The summed E-state index contributed by atoms with van der Waals surface area (Å²) >= 11 is 5.28. The van der Waals surface area contributed by atoms with E-state index in [0.29, 0.717) is 0 Å². The van der Waals surface area contributed by atoms with Crippen LogP contribution in [0.1, 0.15) is 6.92 Å². The summed E-state index contributed by atoms with van der Waals surface area (Å²) in [5, 5.41) is 3.21. The van der Waals surface area contributed by atoms with E-state index in [1.807, 2.05) is 24.4 Å². The standard InChI is InChI=1S/C13H13BrN2S/c1-2-15-13-9-10(7-8-16-13)17-12-6-4-3-5-11(12)14/h3-9H,2H2,1H3,(H,15,16). The molecule has 1 aromatic heterocycles. The van der Waals surface area contributed by atoms with Gasteiger partial charge in [0, 0.05) is 27.0 Å². The first-order valence-electron chi connectivity index (χ1n) is 5.42. The molecule has 0 saturated carbocycles. The SMILES string of the molecule is CCNc1cc(Sc2ccccc2Br)ccn1. The predicted octanol–water partition coefficient (Wildman–Crippen LogP) is 4.43. The molecule has 0 radical (unpaired) electrons. The van der Waals surface area contributed by atoms with Crippen molar-refractivity contribution < 1.29 is 0 Å². The maximum atomic E-state index is 4.26. The summed E-state index contributed by atoms with van der Waals surface area (Å²) in [6.07, 6.45) is 1.83. The topological polar surface area (TPSA) is 24.9 Å². The molecule has 0 aliphatic rings. The molecule has 88 valence electrons. The molecule has 0 amide bonds. The minimum Gasteiger partial charge on any atom is -0.370 e. The zero-order chi connectivity index (χ0) is 12.1. The van der Waals surface area contributed by atoms with Crippen LogP contribution in [0.25, 0.3) is 0 Å². The molecule has 2 nitrogen and oxygen atoms in total. The van der Waals surface area contributed by atoms with Crippen molar-refractivity contribution >= 4 is 33.5 Å². The molecule has 0 saturated heterocycles. The molecule has 0 unspecified atom stereocenters. The highest BCUT2D eigenvalue weighted by atomic mass is 79.9. The number of aromatic nitrogens is 1. The van der Waals surface area contributed by atoms with Gasteiger partial charge in [-0.3, -0.25) is 0 Å². The Balaban J connectivity index is 2.18. The number of nitrogens with zero attached hydrogens (tertiary/aromatic N) is 1. The molecule has 17 heavy (non-hydrogen) atoms. The van der Waals surface area contributed by atoms with Crippen LogP contribution in [-0.2, 0) is 0 Å². The normalized spacial score (nSPS) is 10.2. The second-order valence-corrected chi connectivity index (χ2v) is 5.41. The van der Waals surface area contributed by atoms with Crippen LogP contribution in [0.4, 0.5) is 5.82 Å². The molecular weight excluding hydrogens is 296 g/mol. The molecule has 0 fully saturated rings. The highest BCUT2D eigenvalue weighted by Crippen LogP contribution is 2.33. The van der Waals surface area contributed by atoms with E-state index < -0.39 is 0 Å². The Hall–Kier alpha value is -1.00. The van der Waals surface area contributed by atoms with Crippen LogP contribution in [-0.4, -0.2) is 11.5 Å². The summed E-state index contributed by atoms with van der Waals surface area (Å²) in [5.41, 5.74) is 0. The quantitative estimate of drug-likeness (QED) is 0.904.